The predicted octanol–water partition coefficient (Wildman–Crippen LogP) is 4.30. The van der Waals surface area contributed by atoms with E-state index >= 15 is 0 Å². The Morgan fingerprint density at radius 3 is 2.27 bits per heavy atom. The molecule has 1 heterocycles. The highest BCUT2D eigenvalue weighted by atomic mass is 127. The number of nitrogens with zero attached hydrogens (tertiary/aromatic N) is 1. The molecule has 1 aromatic rings. The van der Waals surface area contributed by atoms with Crippen LogP contribution in [0, 0.1) is 3.70 Å². The van der Waals surface area contributed by atoms with E-state index in [2.05, 4.69) is 4.98 Å². The Kier molecular flexibility index (Phi) is 3.75. The summed E-state index contributed by atoms with van der Waals surface area (Å²) in [6.07, 6.45) is -8.17. The minimum atomic E-state index is -4.88. The maximum Gasteiger partial charge on any atom is 0.418 e. The van der Waals surface area contributed by atoms with Gasteiger partial charge in [0.2, 0.25) is 0 Å². The molecule has 0 fully saturated rings. The largest absolute Gasteiger partial charge is 0.418 e. The summed E-state index contributed by atoms with van der Waals surface area (Å²) in [5, 5.41) is -0.299. The maximum absolute atomic E-state index is 12.3. The molecule has 0 bridgehead atoms. The number of hydrogen-bond acceptors (Lipinski definition) is 1. The van der Waals surface area contributed by atoms with Crippen LogP contribution in [0.1, 0.15) is 17.7 Å². The van der Waals surface area contributed by atoms with Crippen molar-refractivity contribution in [3.8, 4) is 0 Å². The zero-order chi connectivity index (χ0) is 11.8. The van der Waals surface area contributed by atoms with E-state index in [1.54, 1.807) is 0 Å². The van der Waals surface area contributed by atoms with Gasteiger partial charge in [0, 0.05) is 0 Å². The van der Waals surface area contributed by atoms with Crippen molar-refractivity contribution in [1.82, 2.24) is 4.98 Å². The first kappa shape index (κ1) is 12.9. The Morgan fingerprint density at radius 1 is 1.33 bits per heavy atom. The van der Waals surface area contributed by atoms with E-state index in [4.69, 9.17) is 11.6 Å². The SMILES string of the molecule is FC(F)c1nc(I)c(Cl)cc1C(F)(F)F. The third-order valence-electron chi connectivity index (χ3n) is 1.47. The van der Waals surface area contributed by atoms with Gasteiger partial charge in [-0.3, -0.25) is 0 Å². The minimum Gasteiger partial charge on any atom is -0.239 e. The summed E-state index contributed by atoms with van der Waals surface area (Å²) in [5.41, 5.74) is -2.79. The van der Waals surface area contributed by atoms with Crippen LogP contribution in [-0.2, 0) is 6.18 Å². The molecule has 0 N–H and O–H groups in total. The molecule has 0 aromatic carbocycles. The monoisotopic (exact) mass is 357 g/mol. The molecule has 0 radical (unpaired) electrons. The number of hydrogen-bond donors (Lipinski definition) is 0. The van der Waals surface area contributed by atoms with Crippen molar-refractivity contribution in [3.05, 3.63) is 26.0 Å². The molecule has 0 spiro atoms. The molecule has 0 aliphatic rings. The molecule has 1 aromatic heterocycles. The first-order valence-corrected chi connectivity index (χ1v) is 4.90. The lowest BCUT2D eigenvalue weighted by molar-refractivity contribution is -0.139. The topological polar surface area (TPSA) is 12.9 Å². The van der Waals surface area contributed by atoms with Crippen LogP contribution in [0.3, 0.4) is 0 Å². The normalized spacial score (nSPS) is 12.3. The van der Waals surface area contributed by atoms with Crippen molar-refractivity contribution in [2.24, 2.45) is 0 Å². The van der Waals surface area contributed by atoms with Gasteiger partial charge in [-0.1, -0.05) is 11.6 Å². The second-order valence-corrected chi connectivity index (χ2v) is 3.92. The molecule has 0 saturated carbocycles. The second kappa shape index (κ2) is 4.36. The Labute approximate surface area is 99.8 Å². The van der Waals surface area contributed by atoms with E-state index in [1.807, 2.05) is 0 Å². The first-order valence-electron chi connectivity index (χ1n) is 3.44. The third kappa shape index (κ3) is 2.90. The van der Waals surface area contributed by atoms with E-state index < -0.39 is 23.9 Å². The molecule has 0 aliphatic carbocycles. The Hall–Kier alpha value is -0.180. The van der Waals surface area contributed by atoms with Gasteiger partial charge in [0.05, 0.1) is 10.6 Å². The molecular formula is C7H2ClF5IN. The molecule has 1 nitrogen and oxygen atoms in total. The summed E-state index contributed by atoms with van der Waals surface area (Å²) >= 11 is 6.87. The van der Waals surface area contributed by atoms with E-state index in [-0.39, 0.29) is 8.72 Å². The van der Waals surface area contributed by atoms with Crippen molar-refractivity contribution in [2.75, 3.05) is 0 Å². The summed E-state index contributed by atoms with van der Waals surface area (Å²) < 4.78 is 61.3. The standard InChI is InChI=1S/C7H2ClF5IN/c8-3-1-2(7(11,12)13)4(5(9)10)15-6(3)14/h1,5H. The fraction of sp³-hybridized carbons (Fsp3) is 0.286. The molecule has 0 unspecified atom stereocenters. The van der Waals surface area contributed by atoms with Gasteiger partial charge in [0.25, 0.3) is 6.43 Å². The van der Waals surface area contributed by atoms with Crippen molar-refractivity contribution in [2.45, 2.75) is 12.6 Å². The average molecular weight is 357 g/mol. The highest BCUT2D eigenvalue weighted by Crippen LogP contribution is 2.37. The number of rotatable bonds is 1. The van der Waals surface area contributed by atoms with Crippen molar-refractivity contribution < 1.29 is 22.0 Å². The average Bonchev–Trinajstić information content (AvgIpc) is 2.06. The smallest absolute Gasteiger partial charge is 0.239 e. The molecule has 84 valence electrons. The van der Waals surface area contributed by atoms with Gasteiger partial charge in [0.15, 0.2) is 0 Å². The molecule has 0 aliphatic heterocycles. The van der Waals surface area contributed by atoms with Crippen LogP contribution in [0.25, 0.3) is 0 Å². The van der Waals surface area contributed by atoms with Gasteiger partial charge in [-0.25, -0.2) is 13.8 Å². The summed E-state index contributed by atoms with van der Waals surface area (Å²) in [6, 6.07) is 0.456. The van der Waals surface area contributed by atoms with Gasteiger partial charge < -0.3 is 0 Å². The fourth-order valence-corrected chi connectivity index (χ4v) is 1.44. The van der Waals surface area contributed by atoms with E-state index in [1.165, 1.54) is 22.6 Å². The van der Waals surface area contributed by atoms with Crippen LogP contribution < -0.4 is 0 Å². The Morgan fingerprint density at radius 2 is 1.87 bits per heavy atom. The summed E-state index contributed by atoms with van der Waals surface area (Å²) in [4.78, 5) is 3.12. The van der Waals surface area contributed by atoms with E-state index in [0.717, 1.165) is 0 Å². The highest BCUT2D eigenvalue weighted by Gasteiger charge is 2.37. The van der Waals surface area contributed by atoms with Gasteiger partial charge in [0.1, 0.15) is 9.39 Å². The summed E-state index contributed by atoms with van der Waals surface area (Å²) in [5.74, 6) is 0. The first-order chi connectivity index (χ1) is 6.73. The summed E-state index contributed by atoms with van der Waals surface area (Å²) in [7, 11) is 0. The molecule has 8 heteroatoms. The van der Waals surface area contributed by atoms with Gasteiger partial charge in [-0.2, -0.15) is 13.2 Å². The minimum absolute atomic E-state index is 0.0856. The molecule has 15 heavy (non-hydrogen) atoms. The van der Waals surface area contributed by atoms with Crippen molar-refractivity contribution in [3.63, 3.8) is 0 Å². The quantitative estimate of drug-likeness (QED) is 0.415. The van der Waals surface area contributed by atoms with Crippen LogP contribution >= 0.6 is 34.2 Å². The lowest BCUT2D eigenvalue weighted by Crippen LogP contribution is -2.12. The van der Waals surface area contributed by atoms with Crippen molar-refractivity contribution in [1.29, 1.82) is 0 Å². The third-order valence-corrected chi connectivity index (χ3v) is 2.90. The predicted molar refractivity (Wildman–Crippen MR) is 51.9 cm³/mol. The van der Waals surface area contributed by atoms with Crippen LogP contribution in [-0.4, -0.2) is 4.98 Å². The van der Waals surface area contributed by atoms with Crippen LogP contribution in [0.5, 0.6) is 0 Å². The Balaban J connectivity index is 3.42. The second-order valence-electron chi connectivity index (χ2n) is 2.49. The fourth-order valence-electron chi connectivity index (χ4n) is 0.873. The zero-order valence-electron chi connectivity index (χ0n) is 6.75. The van der Waals surface area contributed by atoms with Gasteiger partial charge >= 0.3 is 6.18 Å². The number of alkyl halides is 5. The molecular weight excluding hydrogens is 355 g/mol. The number of pyridine rings is 1. The van der Waals surface area contributed by atoms with Gasteiger partial charge in [-0.05, 0) is 28.7 Å². The zero-order valence-corrected chi connectivity index (χ0v) is 9.66. The molecule has 1 rings (SSSR count). The number of halogens is 7. The summed E-state index contributed by atoms with van der Waals surface area (Å²) in [6.45, 7) is 0. The van der Waals surface area contributed by atoms with Crippen LogP contribution in [0.4, 0.5) is 22.0 Å². The molecule has 0 amide bonds. The van der Waals surface area contributed by atoms with E-state index in [0.29, 0.717) is 6.07 Å². The lowest BCUT2D eigenvalue weighted by atomic mass is 10.2. The molecule has 0 saturated heterocycles. The maximum atomic E-state index is 12.3. The lowest BCUT2D eigenvalue weighted by Gasteiger charge is -2.12. The number of aromatic nitrogens is 1. The van der Waals surface area contributed by atoms with Crippen LogP contribution in [0.2, 0.25) is 5.02 Å². The van der Waals surface area contributed by atoms with E-state index in [9.17, 15) is 22.0 Å². The Bertz CT molecular complexity index is 378. The highest BCUT2D eigenvalue weighted by molar-refractivity contribution is 14.1. The van der Waals surface area contributed by atoms with Crippen LogP contribution in [0.15, 0.2) is 6.07 Å². The molecule has 0 atom stereocenters. The van der Waals surface area contributed by atoms with Crippen molar-refractivity contribution >= 4 is 34.2 Å². The van der Waals surface area contributed by atoms with Gasteiger partial charge in [-0.15, -0.1) is 0 Å².